The molecule has 2 aromatic heterocycles. The minimum atomic E-state index is 0.00919. The number of nitrogen functional groups attached to an aromatic ring is 1. The van der Waals surface area contributed by atoms with E-state index in [-0.39, 0.29) is 6.04 Å². The number of nitrogens with two attached hydrogens (primary N) is 1. The summed E-state index contributed by atoms with van der Waals surface area (Å²) >= 11 is 3.41. The second-order valence-corrected chi connectivity index (χ2v) is 4.62. The first kappa shape index (κ1) is 11.8. The summed E-state index contributed by atoms with van der Waals surface area (Å²) in [6.07, 6.45) is 3.27. The first-order valence-electron chi connectivity index (χ1n) is 5.09. The molecule has 0 spiro atoms. The predicted molar refractivity (Wildman–Crippen MR) is 69.4 cm³/mol. The molecule has 17 heavy (non-hydrogen) atoms. The minimum absolute atomic E-state index is 0.00919. The summed E-state index contributed by atoms with van der Waals surface area (Å²) in [7, 11) is 1.90. The molecule has 6 nitrogen and oxygen atoms in total. The van der Waals surface area contributed by atoms with Crippen LogP contribution >= 0.6 is 15.9 Å². The number of anilines is 2. The van der Waals surface area contributed by atoms with Crippen LogP contribution < -0.4 is 11.1 Å². The zero-order valence-corrected chi connectivity index (χ0v) is 11.1. The summed E-state index contributed by atoms with van der Waals surface area (Å²) < 4.78 is 2.69. The monoisotopic (exact) mass is 296 g/mol. The molecule has 0 aliphatic carbocycles. The van der Waals surface area contributed by atoms with E-state index in [9.17, 15) is 0 Å². The molecule has 0 amide bonds. The average Bonchev–Trinajstić information content (AvgIpc) is 2.68. The van der Waals surface area contributed by atoms with Crippen molar-refractivity contribution in [1.29, 1.82) is 0 Å². The van der Waals surface area contributed by atoms with E-state index in [0.29, 0.717) is 5.69 Å². The summed E-state index contributed by atoms with van der Waals surface area (Å²) in [5.74, 6) is 1.57. The Morgan fingerprint density at radius 3 is 2.88 bits per heavy atom. The summed E-state index contributed by atoms with van der Waals surface area (Å²) in [5.41, 5.74) is 6.25. The zero-order chi connectivity index (χ0) is 12.4. The fraction of sp³-hybridized carbons (Fsp3) is 0.300. The maximum absolute atomic E-state index is 5.63. The maximum Gasteiger partial charge on any atom is 0.154 e. The van der Waals surface area contributed by atoms with Crippen LogP contribution in [0.5, 0.6) is 0 Å². The van der Waals surface area contributed by atoms with Crippen LogP contribution in [0.3, 0.4) is 0 Å². The largest absolute Gasteiger partial charge is 0.397 e. The Bertz CT molecular complexity index is 523. The van der Waals surface area contributed by atoms with Gasteiger partial charge in [-0.2, -0.15) is 0 Å². The maximum atomic E-state index is 5.63. The third-order valence-electron chi connectivity index (χ3n) is 2.35. The van der Waals surface area contributed by atoms with Crippen LogP contribution in [0.4, 0.5) is 11.5 Å². The number of aromatic nitrogens is 4. The number of nitrogens with one attached hydrogen (secondary N) is 1. The Kier molecular flexibility index (Phi) is 3.28. The standard InChI is InChI=1S/C10H13BrN6/c1-6(10-16-14-5-17(10)2)15-9-8(11)3-7(12)4-13-9/h3-6H,12H2,1-2H3,(H,13,15). The van der Waals surface area contributed by atoms with Gasteiger partial charge in [-0.15, -0.1) is 10.2 Å². The SMILES string of the molecule is CC(Nc1ncc(N)cc1Br)c1nncn1C. The van der Waals surface area contributed by atoms with Crippen LogP contribution in [-0.2, 0) is 7.05 Å². The van der Waals surface area contributed by atoms with E-state index < -0.39 is 0 Å². The lowest BCUT2D eigenvalue weighted by atomic mass is 10.3. The highest BCUT2D eigenvalue weighted by Gasteiger charge is 2.13. The van der Waals surface area contributed by atoms with Gasteiger partial charge in [0, 0.05) is 7.05 Å². The van der Waals surface area contributed by atoms with Crippen molar-refractivity contribution in [3.8, 4) is 0 Å². The van der Waals surface area contributed by atoms with Gasteiger partial charge in [0.2, 0.25) is 0 Å². The van der Waals surface area contributed by atoms with E-state index in [1.165, 1.54) is 0 Å². The van der Waals surface area contributed by atoms with Gasteiger partial charge in [-0.1, -0.05) is 0 Å². The van der Waals surface area contributed by atoms with Gasteiger partial charge >= 0.3 is 0 Å². The van der Waals surface area contributed by atoms with E-state index in [4.69, 9.17) is 5.73 Å². The van der Waals surface area contributed by atoms with Crippen LogP contribution in [-0.4, -0.2) is 19.7 Å². The quantitative estimate of drug-likeness (QED) is 0.901. The third kappa shape index (κ3) is 2.55. The molecule has 0 aliphatic heterocycles. The Morgan fingerprint density at radius 1 is 1.53 bits per heavy atom. The Morgan fingerprint density at radius 2 is 2.29 bits per heavy atom. The van der Waals surface area contributed by atoms with Crippen molar-refractivity contribution in [2.75, 3.05) is 11.1 Å². The Balaban J connectivity index is 2.19. The number of rotatable bonds is 3. The molecular weight excluding hydrogens is 284 g/mol. The highest BCUT2D eigenvalue weighted by molar-refractivity contribution is 9.10. The molecule has 0 bridgehead atoms. The van der Waals surface area contributed by atoms with Gasteiger partial charge in [-0.3, -0.25) is 0 Å². The number of nitrogens with zero attached hydrogens (tertiary/aromatic N) is 4. The molecule has 0 aromatic carbocycles. The van der Waals surface area contributed by atoms with Crippen LogP contribution in [0.2, 0.25) is 0 Å². The highest BCUT2D eigenvalue weighted by Crippen LogP contribution is 2.25. The second kappa shape index (κ2) is 4.70. The molecule has 1 atom stereocenters. The number of hydrogen-bond acceptors (Lipinski definition) is 5. The van der Waals surface area contributed by atoms with Crippen molar-refractivity contribution in [2.24, 2.45) is 7.05 Å². The summed E-state index contributed by atoms with van der Waals surface area (Å²) in [4.78, 5) is 4.22. The number of pyridine rings is 1. The smallest absolute Gasteiger partial charge is 0.154 e. The van der Waals surface area contributed by atoms with Crippen LogP contribution in [0.25, 0.3) is 0 Å². The van der Waals surface area contributed by atoms with Crippen molar-refractivity contribution in [3.63, 3.8) is 0 Å². The van der Waals surface area contributed by atoms with Crippen molar-refractivity contribution in [2.45, 2.75) is 13.0 Å². The van der Waals surface area contributed by atoms with E-state index >= 15 is 0 Å². The number of halogens is 1. The molecule has 1 unspecified atom stereocenters. The first-order chi connectivity index (χ1) is 8.08. The van der Waals surface area contributed by atoms with Gasteiger partial charge in [-0.05, 0) is 28.9 Å². The van der Waals surface area contributed by atoms with Crippen molar-refractivity contribution in [1.82, 2.24) is 19.7 Å². The van der Waals surface area contributed by atoms with E-state index in [1.54, 1.807) is 18.6 Å². The van der Waals surface area contributed by atoms with E-state index in [0.717, 1.165) is 16.1 Å². The normalized spacial score (nSPS) is 12.4. The highest BCUT2D eigenvalue weighted by atomic mass is 79.9. The van der Waals surface area contributed by atoms with Gasteiger partial charge in [0.05, 0.1) is 22.4 Å². The minimum Gasteiger partial charge on any atom is -0.397 e. The molecule has 2 rings (SSSR count). The van der Waals surface area contributed by atoms with Gasteiger partial charge < -0.3 is 15.6 Å². The van der Waals surface area contributed by atoms with Crippen molar-refractivity contribution < 1.29 is 0 Å². The molecule has 90 valence electrons. The molecule has 2 aromatic rings. The van der Waals surface area contributed by atoms with Crippen LogP contribution in [0.1, 0.15) is 18.8 Å². The molecule has 0 radical (unpaired) electrons. The first-order valence-corrected chi connectivity index (χ1v) is 5.88. The average molecular weight is 297 g/mol. The van der Waals surface area contributed by atoms with Crippen LogP contribution in [0.15, 0.2) is 23.1 Å². The lowest BCUT2D eigenvalue weighted by Crippen LogP contribution is -2.13. The fourth-order valence-electron chi connectivity index (χ4n) is 1.51. The Hall–Kier alpha value is -1.63. The van der Waals surface area contributed by atoms with Crippen molar-refractivity contribution >= 4 is 27.4 Å². The summed E-state index contributed by atoms with van der Waals surface area (Å²) in [5, 5.41) is 11.1. The topological polar surface area (TPSA) is 81.7 Å². The summed E-state index contributed by atoms with van der Waals surface area (Å²) in [6.45, 7) is 1.99. The molecule has 3 N–H and O–H groups in total. The molecule has 0 saturated carbocycles. The molecule has 0 fully saturated rings. The Labute approximate surface area is 107 Å². The molecule has 2 heterocycles. The fourth-order valence-corrected chi connectivity index (χ4v) is 1.99. The molecular formula is C10H13BrN6. The van der Waals surface area contributed by atoms with Crippen molar-refractivity contribution in [3.05, 3.63) is 28.9 Å². The van der Waals surface area contributed by atoms with Gasteiger partial charge in [0.1, 0.15) is 12.1 Å². The van der Waals surface area contributed by atoms with E-state index in [2.05, 4.69) is 36.4 Å². The molecule has 0 saturated heterocycles. The molecule has 0 aliphatic rings. The summed E-state index contributed by atoms with van der Waals surface area (Å²) in [6, 6.07) is 1.81. The second-order valence-electron chi connectivity index (χ2n) is 3.77. The lowest BCUT2D eigenvalue weighted by molar-refractivity contribution is 0.716. The van der Waals surface area contributed by atoms with E-state index in [1.807, 2.05) is 18.5 Å². The van der Waals surface area contributed by atoms with Crippen LogP contribution in [0, 0.1) is 0 Å². The van der Waals surface area contributed by atoms with Gasteiger partial charge in [0.15, 0.2) is 5.82 Å². The third-order valence-corrected chi connectivity index (χ3v) is 2.95. The zero-order valence-electron chi connectivity index (χ0n) is 9.55. The molecule has 7 heteroatoms. The predicted octanol–water partition coefficient (Wildman–Crippen LogP) is 1.73. The number of hydrogen-bond donors (Lipinski definition) is 2. The lowest BCUT2D eigenvalue weighted by Gasteiger charge is -2.14. The van der Waals surface area contributed by atoms with Gasteiger partial charge in [0.25, 0.3) is 0 Å². The van der Waals surface area contributed by atoms with Gasteiger partial charge in [-0.25, -0.2) is 4.98 Å². The number of aryl methyl sites for hydroxylation is 1.